The molecule has 174 valence electrons. The third-order valence-corrected chi connectivity index (χ3v) is 6.33. The van der Waals surface area contributed by atoms with Crippen LogP contribution in [0, 0.1) is 0 Å². The van der Waals surface area contributed by atoms with E-state index in [-0.39, 0.29) is 11.6 Å². The number of fused-ring (bicyclic) bond motifs is 3. The van der Waals surface area contributed by atoms with Crippen molar-refractivity contribution in [3.63, 3.8) is 0 Å². The van der Waals surface area contributed by atoms with Crippen LogP contribution in [0.25, 0.3) is 21.9 Å². The van der Waals surface area contributed by atoms with Crippen molar-refractivity contribution in [1.29, 1.82) is 0 Å². The maximum absolute atomic E-state index is 6.44. The lowest BCUT2D eigenvalue weighted by Crippen LogP contribution is -2.48. The monoisotopic (exact) mass is 439 g/mol. The van der Waals surface area contributed by atoms with Gasteiger partial charge in [-0.1, -0.05) is 6.92 Å². The van der Waals surface area contributed by atoms with Crippen LogP contribution in [0.15, 0.2) is 18.2 Å². The molecular formula is C25H37N5O2. The Morgan fingerprint density at radius 3 is 2.53 bits per heavy atom. The van der Waals surface area contributed by atoms with Gasteiger partial charge in [0.2, 0.25) is 0 Å². The minimum absolute atomic E-state index is 0.210. The van der Waals surface area contributed by atoms with Gasteiger partial charge in [-0.15, -0.1) is 0 Å². The van der Waals surface area contributed by atoms with E-state index in [2.05, 4.69) is 48.2 Å². The Balaban J connectivity index is 1.67. The molecule has 0 unspecified atom stereocenters. The van der Waals surface area contributed by atoms with E-state index in [0.717, 1.165) is 72.4 Å². The number of imidazole rings is 1. The number of nitrogen functional groups attached to an aromatic ring is 1. The average molecular weight is 440 g/mol. The molecule has 1 saturated heterocycles. The first-order chi connectivity index (χ1) is 15.3. The molecule has 7 heteroatoms. The molecule has 3 aromatic rings. The third kappa shape index (κ3) is 4.55. The van der Waals surface area contributed by atoms with Gasteiger partial charge in [-0.25, -0.2) is 9.97 Å². The molecule has 0 radical (unpaired) electrons. The van der Waals surface area contributed by atoms with Gasteiger partial charge in [0.05, 0.1) is 11.0 Å². The Morgan fingerprint density at radius 1 is 1.12 bits per heavy atom. The largest absolute Gasteiger partial charge is 0.490 e. The number of anilines is 1. The SMILES string of the molecule is CCCn1c(COCC)nc2c(N)nc3ccc(OC4CCN(C(C)(C)C)CC4)cc3c21. The fraction of sp³-hybridized carbons (Fsp3) is 0.600. The minimum atomic E-state index is 0.210. The van der Waals surface area contributed by atoms with E-state index in [4.69, 9.17) is 20.2 Å². The van der Waals surface area contributed by atoms with Crippen molar-refractivity contribution in [2.75, 3.05) is 25.4 Å². The average Bonchev–Trinajstić information content (AvgIpc) is 3.12. The Morgan fingerprint density at radius 2 is 1.88 bits per heavy atom. The molecular weight excluding hydrogens is 402 g/mol. The summed E-state index contributed by atoms with van der Waals surface area (Å²) in [5.74, 6) is 2.24. The van der Waals surface area contributed by atoms with E-state index >= 15 is 0 Å². The summed E-state index contributed by atoms with van der Waals surface area (Å²) in [7, 11) is 0. The molecule has 0 saturated carbocycles. The van der Waals surface area contributed by atoms with Crippen molar-refractivity contribution < 1.29 is 9.47 Å². The lowest BCUT2D eigenvalue weighted by atomic mass is 9.99. The molecule has 0 atom stereocenters. The first-order valence-corrected chi connectivity index (χ1v) is 11.9. The molecule has 2 N–H and O–H groups in total. The lowest BCUT2D eigenvalue weighted by molar-refractivity contribution is 0.0492. The highest BCUT2D eigenvalue weighted by molar-refractivity contribution is 6.07. The molecule has 1 aromatic carbocycles. The fourth-order valence-corrected chi connectivity index (χ4v) is 4.61. The van der Waals surface area contributed by atoms with Gasteiger partial charge >= 0.3 is 0 Å². The minimum Gasteiger partial charge on any atom is -0.490 e. The summed E-state index contributed by atoms with van der Waals surface area (Å²) in [6, 6.07) is 6.13. The summed E-state index contributed by atoms with van der Waals surface area (Å²) in [6.45, 7) is 15.1. The lowest BCUT2D eigenvalue weighted by Gasteiger charge is -2.40. The number of likely N-dealkylation sites (tertiary alicyclic amines) is 1. The molecule has 0 aliphatic carbocycles. The number of nitrogens with zero attached hydrogens (tertiary/aromatic N) is 4. The van der Waals surface area contributed by atoms with Crippen LogP contribution in [0.4, 0.5) is 5.82 Å². The Bertz CT molecular complexity index is 1080. The van der Waals surface area contributed by atoms with E-state index in [9.17, 15) is 0 Å². The highest BCUT2D eigenvalue weighted by Gasteiger charge is 2.28. The topological polar surface area (TPSA) is 78.4 Å². The molecule has 2 aromatic heterocycles. The standard InChI is InChI=1S/C25H37N5O2/c1-6-12-30-21(16-31-7-2)28-22-23(30)19-15-18(8-9-20(19)27-24(22)26)32-17-10-13-29(14-11-17)25(3,4)5/h8-9,15,17H,6-7,10-14,16H2,1-5H3,(H2,26,27). The second kappa shape index (κ2) is 9.24. The van der Waals surface area contributed by atoms with Crippen molar-refractivity contribution in [2.24, 2.45) is 0 Å². The van der Waals surface area contributed by atoms with Crippen LogP contribution in [0.1, 0.15) is 59.7 Å². The summed E-state index contributed by atoms with van der Waals surface area (Å²) in [5.41, 5.74) is 9.15. The van der Waals surface area contributed by atoms with Crippen LogP contribution in [-0.2, 0) is 17.9 Å². The number of aryl methyl sites for hydroxylation is 1. The molecule has 3 heterocycles. The van der Waals surface area contributed by atoms with Crippen LogP contribution in [0.5, 0.6) is 5.75 Å². The normalized spacial score (nSPS) is 16.3. The van der Waals surface area contributed by atoms with Crippen molar-refractivity contribution >= 4 is 27.8 Å². The van der Waals surface area contributed by atoms with Gasteiger partial charge in [0, 0.05) is 37.2 Å². The van der Waals surface area contributed by atoms with E-state index in [0.29, 0.717) is 19.0 Å². The zero-order chi connectivity index (χ0) is 22.9. The van der Waals surface area contributed by atoms with Gasteiger partial charge in [0.15, 0.2) is 5.82 Å². The predicted molar refractivity (Wildman–Crippen MR) is 130 cm³/mol. The van der Waals surface area contributed by atoms with E-state index in [1.807, 2.05) is 19.1 Å². The Labute approximate surface area is 190 Å². The van der Waals surface area contributed by atoms with Crippen molar-refractivity contribution in [3.05, 3.63) is 24.0 Å². The van der Waals surface area contributed by atoms with Crippen LogP contribution >= 0.6 is 0 Å². The molecule has 32 heavy (non-hydrogen) atoms. The highest BCUT2D eigenvalue weighted by Crippen LogP contribution is 2.33. The third-order valence-electron chi connectivity index (χ3n) is 6.33. The summed E-state index contributed by atoms with van der Waals surface area (Å²) in [4.78, 5) is 12.0. The Kier molecular flexibility index (Phi) is 6.58. The van der Waals surface area contributed by atoms with Crippen LogP contribution < -0.4 is 10.5 Å². The van der Waals surface area contributed by atoms with E-state index in [1.165, 1.54) is 0 Å². The molecule has 0 bridgehead atoms. The van der Waals surface area contributed by atoms with E-state index in [1.54, 1.807) is 0 Å². The fourth-order valence-electron chi connectivity index (χ4n) is 4.61. The van der Waals surface area contributed by atoms with Gasteiger partial charge < -0.3 is 19.8 Å². The van der Waals surface area contributed by atoms with Gasteiger partial charge in [-0.2, -0.15) is 0 Å². The van der Waals surface area contributed by atoms with Gasteiger partial charge in [0.25, 0.3) is 0 Å². The molecule has 1 aliphatic rings. The van der Waals surface area contributed by atoms with Gasteiger partial charge in [-0.05, 0) is 65.2 Å². The second-order valence-electron chi connectivity index (χ2n) is 9.67. The molecule has 0 spiro atoms. The summed E-state index contributed by atoms with van der Waals surface area (Å²) < 4.78 is 14.3. The maximum Gasteiger partial charge on any atom is 0.152 e. The number of hydrogen-bond donors (Lipinski definition) is 1. The first-order valence-electron chi connectivity index (χ1n) is 11.9. The number of rotatable bonds is 7. The zero-order valence-corrected chi connectivity index (χ0v) is 20.1. The Hall–Kier alpha value is -2.38. The molecule has 1 aliphatic heterocycles. The van der Waals surface area contributed by atoms with Crippen molar-refractivity contribution in [1.82, 2.24) is 19.4 Å². The summed E-state index contributed by atoms with van der Waals surface area (Å²) >= 11 is 0. The number of piperidine rings is 1. The molecule has 4 rings (SSSR count). The molecule has 7 nitrogen and oxygen atoms in total. The maximum atomic E-state index is 6.44. The molecule has 0 amide bonds. The van der Waals surface area contributed by atoms with Gasteiger partial charge in [-0.3, -0.25) is 4.90 Å². The number of aromatic nitrogens is 3. The number of ether oxygens (including phenoxy) is 2. The smallest absolute Gasteiger partial charge is 0.152 e. The van der Waals surface area contributed by atoms with E-state index < -0.39 is 0 Å². The second-order valence-corrected chi connectivity index (χ2v) is 9.67. The number of pyridine rings is 1. The summed E-state index contributed by atoms with van der Waals surface area (Å²) in [6.07, 6.45) is 3.31. The van der Waals surface area contributed by atoms with Crippen LogP contribution in [-0.4, -0.2) is 50.8 Å². The van der Waals surface area contributed by atoms with Gasteiger partial charge in [0.1, 0.15) is 29.8 Å². The first kappa shape index (κ1) is 22.8. The highest BCUT2D eigenvalue weighted by atomic mass is 16.5. The zero-order valence-electron chi connectivity index (χ0n) is 20.1. The number of hydrogen-bond acceptors (Lipinski definition) is 6. The molecule has 1 fully saturated rings. The number of nitrogens with two attached hydrogens (primary N) is 1. The number of benzene rings is 1. The summed E-state index contributed by atoms with van der Waals surface area (Å²) in [5, 5.41) is 1.03. The van der Waals surface area contributed by atoms with Crippen LogP contribution in [0.3, 0.4) is 0 Å². The van der Waals surface area contributed by atoms with Crippen LogP contribution in [0.2, 0.25) is 0 Å². The van der Waals surface area contributed by atoms with Crippen molar-refractivity contribution in [3.8, 4) is 5.75 Å². The quantitative estimate of drug-likeness (QED) is 0.572. The van der Waals surface area contributed by atoms with Crippen molar-refractivity contribution in [2.45, 2.75) is 78.7 Å². The predicted octanol–water partition coefficient (Wildman–Crippen LogP) is 4.75.